The molecule has 2 heterocycles. The Bertz CT molecular complexity index is 2710. The Balaban J connectivity index is 1.47. The first-order chi connectivity index (χ1) is 42.6. The van der Waals surface area contributed by atoms with Crippen molar-refractivity contribution in [1.82, 2.24) is 52.1 Å². The Labute approximate surface area is 523 Å². The van der Waals surface area contributed by atoms with Gasteiger partial charge in [0.25, 0.3) is 0 Å². The molecule has 8 amide bonds. The monoisotopic (exact) mass is 1240 g/mol. The summed E-state index contributed by atoms with van der Waals surface area (Å²) >= 11 is 0. The smallest absolute Gasteiger partial charge is 0.326 e. The van der Waals surface area contributed by atoms with Gasteiger partial charge in [0.2, 0.25) is 47.3 Å². The van der Waals surface area contributed by atoms with Crippen molar-refractivity contribution in [3.8, 4) is 5.75 Å². The van der Waals surface area contributed by atoms with Gasteiger partial charge < -0.3 is 73.9 Å². The number of phenols is 1. The number of aliphatic hydroxyl groups excluding tert-OH is 1. The highest BCUT2D eigenvalue weighted by Crippen LogP contribution is 2.22. The molecule has 0 unspecified atom stereocenters. The number of carboxylic acids is 1. The number of nitrogens with two attached hydrogens (primary N) is 2. The predicted octanol–water partition coefficient (Wildman–Crippen LogP) is 3.45. The first kappa shape index (κ1) is 73.4. The predicted molar refractivity (Wildman–Crippen MR) is 337 cm³/mol. The molecule has 1 aliphatic rings. The van der Waals surface area contributed by atoms with Crippen molar-refractivity contribution >= 4 is 59.2 Å². The number of likely N-dealkylation sites (tertiary alicyclic amines) is 1. The van der Waals surface area contributed by atoms with Crippen molar-refractivity contribution < 1.29 is 58.5 Å². The normalized spacial score (nSPS) is 15.3. The molecular formula is C64H99N13O12. The number of phenolic OH excluding ortho intramolecular Hbond substituents is 1. The third-order valence-corrected chi connectivity index (χ3v) is 15.8. The number of hydrogen-bond donors (Lipinski definition) is 13. The second-order valence-electron chi connectivity index (χ2n) is 23.8. The molecule has 0 bridgehead atoms. The number of hydrogen-bond acceptors (Lipinski definition) is 13. The van der Waals surface area contributed by atoms with Gasteiger partial charge in [-0.05, 0) is 67.2 Å². The first-order valence-corrected chi connectivity index (χ1v) is 31.7. The van der Waals surface area contributed by atoms with Gasteiger partial charge in [0, 0.05) is 50.7 Å². The van der Waals surface area contributed by atoms with Gasteiger partial charge in [0.1, 0.15) is 54.1 Å². The minimum Gasteiger partial charge on any atom is -0.508 e. The van der Waals surface area contributed by atoms with Crippen LogP contribution in [0, 0.1) is 11.8 Å². The summed E-state index contributed by atoms with van der Waals surface area (Å²) in [5.74, 6) is -8.62. The lowest BCUT2D eigenvalue weighted by Gasteiger charge is -2.31. The van der Waals surface area contributed by atoms with E-state index in [4.69, 9.17) is 11.5 Å². The number of aromatic amines is 1. The maximum Gasteiger partial charge on any atom is 0.326 e. The van der Waals surface area contributed by atoms with E-state index in [9.17, 15) is 58.5 Å². The number of amides is 8. The highest BCUT2D eigenvalue weighted by Gasteiger charge is 2.41. The van der Waals surface area contributed by atoms with Gasteiger partial charge in [0.05, 0.1) is 12.9 Å². The molecule has 3 aromatic rings. The van der Waals surface area contributed by atoms with Crippen molar-refractivity contribution in [2.75, 3.05) is 19.7 Å². The summed E-state index contributed by atoms with van der Waals surface area (Å²) in [7, 11) is 0. The molecule has 25 heteroatoms. The minimum absolute atomic E-state index is 0.000766. The number of aromatic hydroxyl groups is 1. The van der Waals surface area contributed by atoms with Crippen LogP contribution in [-0.2, 0) is 62.4 Å². The van der Waals surface area contributed by atoms with Crippen LogP contribution in [-0.4, -0.2) is 157 Å². The van der Waals surface area contributed by atoms with Gasteiger partial charge in [-0.25, -0.2) is 9.78 Å². The van der Waals surface area contributed by atoms with E-state index in [0.717, 1.165) is 25.7 Å². The number of aromatic nitrogens is 2. The zero-order valence-corrected chi connectivity index (χ0v) is 52.6. The van der Waals surface area contributed by atoms with Crippen LogP contribution in [0.1, 0.15) is 167 Å². The summed E-state index contributed by atoms with van der Waals surface area (Å²) in [6.45, 7) is 8.27. The van der Waals surface area contributed by atoms with E-state index in [1.807, 2.05) is 0 Å². The zero-order chi connectivity index (χ0) is 65.3. The van der Waals surface area contributed by atoms with Crippen LogP contribution in [0.5, 0.6) is 5.75 Å². The number of aliphatic hydroxyl groups is 1. The quantitative estimate of drug-likeness (QED) is 0.0219. The number of nitrogens with zero attached hydrogens (tertiary/aromatic N) is 3. The molecule has 25 nitrogen and oxygen atoms in total. The number of H-pyrrole nitrogens is 1. The van der Waals surface area contributed by atoms with Crippen LogP contribution in [0.2, 0.25) is 0 Å². The second kappa shape index (κ2) is 39.7. The van der Waals surface area contributed by atoms with Gasteiger partial charge in [-0.2, -0.15) is 0 Å². The van der Waals surface area contributed by atoms with Gasteiger partial charge in [0.15, 0.2) is 5.96 Å². The number of carbonyl (C=O) groups excluding carboxylic acids is 8. The van der Waals surface area contributed by atoms with E-state index in [1.54, 1.807) is 58.0 Å². The maximum absolute atomic E-state index is 14.7. The maximum atomic E-state index is 14.7. The van der Waals surface area contributed by atoms with E-state index in [2.05, 4.69) is 59.1 Å². The van der Waals surface area contributed by atoms with Crippen LogP contribution in [0.3, 0.4) is 0 Å². The summed E-state index contributed by atoms with van der Waals surface area (Å²) in [6.07, 6.45) is 18.2. The molecule has 89 heavy (non-hydrogen) atoms. The molecule has 492 valence electrons. The number of imidazole rings is 1. The van der Waals surface area contributed by atoms with Gasteiger partial charge >= 0.3 is 5.97 Å². The molecule has 0 saturated carbocycles. The Kier molecular flexibility index (Phi) is 32.8. The number of rotatable bonds is 42. The average Bonchev–Trinajstić information content (AvgIpc) is 3.62. The van der Waals surface area contributed by atoms with E-state index in [0.29, 0.717) is 29.7 Å². The summed E-state index contributed by atoms with van der Waals surface area (Å²) in [5, 5.41) is 49.2. The number of nitrogens with one attached hydrogen (secondary N) is 8. The molecule has 8 atom stereocenters. The largest absolute Gasteiger partial charge is 0.508 e. The third kappa shape index (κ3) is 26.7. The van der Waals surface area contributed by atoms with Crippen molar-refractivity contribution in [3.63, 3.8) is 0 Å². The number of carboxylic acid groups (broad SMARTS) is 1. The number of aliphatic imine (C=N–C) groups is 1. The minimum atomic E-state index is -1.43. The van der Waals surface area contributed by atoms with Crippen LogP contribution in [0.4, 0.5) is 0 Å². The summed E-state index contributed by atoms with van der Waals surface area (Å²) in [4.78, 5) is 138. The van der Waals surface area contributed by atoms with E-state index >= 15 is 0 Å². The zero-order valence-electron chi connectivity index (χ0n) is 52.6. The molecule has 1 aromatic heterocycles. The van der Waals surface area contributed by atoms with Crippen molar-refractivity contribution in [1.29, 1.82) is 0 Å². The summed E-state index contributed by atoms with van der Waals surface area (Å²) in [6, 6.07) is 4.14. The number of guanidine groups is 1. The SMILES string of the molecule is CCCCCCCCCCCCCCCC(=O)N[C@@H](CO)C(=O)N[C@@H](CCCN=C(N)N)C(=O)N[C@H](C(=O)N[C@@H](Cc1ccc(O)cc1)C(=O)N[C@H](C(=O)N[C@@H](Cc1cnc[nH]1)C(=O)N1CCC[C@H]1C(=O)N[C@@H](Cc1ccccc1)C(=O)O)C(C)C)C(C)C. The van der Waals surface area contributed by atoms with Crippen molar-refractivity contribution in [2.24, 2.45) is 28.3 Å². The van der Waals surface area contributed by atoms with Gasteiger partial charge in [-0.1, -0.05) is 154 Å². The lowest BCUT2D eigenvalue weighted by atomic mass is 9.98. The highest BCUT2D eigenvalue weighted by molar-refractivity contribution is 5.98. The standard InChI is InChI=1S/C64H99N13O12/c1-6-7-8-9-10-11-12-13-14-15-16-17-21-28-53(80)70-51(39-78)58(83)71-47(26-22-33-68-64(65)66)56(81)75-54(41(2)3)60(85)72-48(35-44-29-31-46(79)32-30-44)57(82)76-55(42(4)5)61(86)73-49(37-45-38-67-40-69-45)62(87)77-34-23-27-52(77)59(84)74-50(63(88)89)36-43-24-19-18-20-25-43/h18-20,24-25,29-32,38,40-42,47-52,54-55,78-79H,6-17,21-23,26-28,33-37,39H2,1-5H3,(H,67,69)(H,70,80)(H,71,83)(H,72,85)(H,73,86)(H,74,84)(H,75,81)(H,76,82)(H,88,89)(H4,65,66,68)/t47-,48-,49-,50-,51-,52-,54-,55-/m0/s1. The van der Waals surface area contributed by atoms with Crippen LogP contribution in [0.15, 0.2) is 72.1 Å². The van der Waals surface area contributed by atoms with Gasteiger partial charge in [-0.3, -0.25) is 43.3 Å². The van der Waals surface area contributed by atoms with Gasteiger partial charge in [-0.15, -0.1) is 0 Å². The van der Waals surface area contributed by atoms with Crippen molar-refractivity contribution in [2.45, 2.75) is 218 Å². The Hall–Kier alpha value is -8.09. The molecule has 1 aliphatic heterocycles. The topological polar surface area (TPSA) is 395 Å². The van der Waals surface area contributed by atoms with E-state index in [1.165, 1.54) is 93.1 Å². The molecule has 2 aromatic carbocycles. The fraction of sp³-hybridized carbons (Fsp3) is 0.609. The third-order valence-electron chi connectivity index (χ3n) is 15.8. The Morgan fingerprint density at radius 1 is 0.618 bits per heavy atom. The molecule has 1 saturated heterocycles. The number of carbonyl (C=O) groups is 9. The molecule has 1 fully saturated rings. The Morgan fingerprint density at radius 3 is 1.69 bits per heavy atom. The molecule has 4 rings (SSSR count). The van der Waals surface area contributed by atoms with Crippen LogP contribution >= 0.6 is 0 Å². The molecule has 0 radical (unpaired) electrons. The van der Waals surface area contributed by atoms with Crippen LogP contribution < -0.4 is 48.7 Å². The van der Waals surface area contributed by atoms with Crippen molar-refractivity contribution in [3.05, 3.63) is 83.9 Å². The lowest BCUT2D eigenvalue weighted by Crippen LogP contribution is -2.62. The first-order valence-electron chi connectivity index (χ1n) is 31.7. The number of unbranched alkanes of at least 4 members (excludes halogenated alkanes) is 12. The molecule has 15 N–H and O–H groups in total. The lowest BCUT2D eigenvalue weighted by molar-refractivity contribution is -0.145. The number of aliphatic carboxylic acids is 1. The molecule has 0 spiro atoms. The summed E-state index contributed by atoms with van der Waals surface area (Å²) < 4.78 is 0. The van der Waals surface area contributed by atoms with E-state index in [-0.39, 0.29) is 69.7 Å². The van der Waals surface area contributed by atoms with E-state index < -0.39 is 120 Å². The fourth-order valence-corrected chi connectivity index (χ4v) is 10.6. The average molecular weight is 1240 g/mol. The van der Waals surface area contributed by atoms with Crippen LogP contribution in [0.25, 0.3) is 0 Å². The number of benzene rings is 2. The molecular weight excluding hydrogens is 1140 g/mol. The second-order valence-corrected chi connectivity index (χ2v) is 23.8. The molecule has 0 aliphatic carbocycles. The fourth-order valence-electron chi connectivity index (χ4n) is 10.6. The highest BCUT2D eigenvalue weighted by atomic mass is 16.4. The Morgan fingerprint density at radius 2 is 1.15 bits per heavy atom. The summed E-state index contributed by atoms with van der Waals surface area (Å²) in [5.41, 5.74) is 12.7.